The van der Waals surface area contributed by atoms with E-state index in [2.05, 4.69) is 0 Å². The van der Waals surface area contributed by atoms with E-state index < -0.39 is 0 Å². The monoisotopic (exact) mass is 267 g/mol. The Labute approximate surface area is 110 Å². The summed E-state index contributed by atoms with van der Waals surface area (Å²) in [6.45, 7) is 0.512. The largest absolute Gasteiger partial charge is 0.456 e. The lowest BCUT2D eigenvalue weighted by Gasteiger charge is -2.08. The van der Waals surface area contributed by atoms with E-state index in [0.29, 0.717) is 28.1 Å². The fourth-order valence-electron chi connectivity index (χ4n) is 1.38. The molecule has 4 heteroatoms. The van der Waals surface area contributed by atoms with Crippen molar-refractivity contribution in [1.29, 1.82) is 0 Å². The summed E-state index contributed by atoms with van der Waals surface area (Å²) in [5.41, 5.74) is 6.57. The smallest absolute Gasteiger partial charge is 0.147 e. The molecule has 0 aromatic heterocycles. The molecule has 0 heterocycles. The second-order valence-electron chi connectivity index (χ2n) is 3.50. The van der Waals surface area contributed by atoms with Crippen LogP contribution in [0.5, 0.6) is 11.5 Å². The lowest BCUT2D eigenvalue weighted by Crippen LogP contribution is -1.95. The van der Waals surface area contributed by atoms with Gasteiger partial charge in [-0.05, 0) is 29.8 Å². The van der Waals surface area contributed by atoms with E-state index in [1.807, 2.05) is 24.3 Å². The van der Waals surface area contributed by atoms with Crippen molar-refractivity contribution in [3.8, 4) is 11.5 Å². The standard InChI is InChI=1S/C13H11Cl2NO/c14-11-2-1-3-12(13(11)15)17-10-6-4-9(8-16)5-7-10/h1-7H,8,16H2. The quantitative estimate of drug-likeness (QED) is 0.903. The molecule has 2 aromatic carbocycles. The molecule has 0 bridgehead atoms. The van der Waals surface area contributed by atoms with Crippen molar-refractivity contribution in [3.05, 3.63) is 58.1 Å². The Kier molecular flexibility index (Phi) is 3.89. The van der Waals surface area contributed by atoms with Crippen molar-refractivity contribution in [2.24, 2.45) is 5.73 Å². The van der Waals surface area contributed by atoms with Gasteiger partial charge in [0.1, 0.15) is 16.5 Å². The summed E-state index contributed by atoms with van der Waals surface area (Å²) in [5.74, 6) is 1.24. The van der Waals surface area contributed by atoms with E-state index in [0.717, 1.165) is 5.56 Å². The van der Waals surface area contributed by atoms with Crippen LogP contribution in [0.1, 0.15) is 5.56 Å². The van der Waals surface area contributed by atoms with Crippen molar-refractivity contribution < 1.29 is 4.74 Å². The summed E-state index contributed by atoms with van der Waals surface area (Å²) in [6, 6.07) is 12.8. The van der Waals surface area contributed by atoms with E-state index >= 15 is 0 Å². The molecule has 0 aliphatic heterocycles. The predicted molar refractivity (Wildman–Crippen MR) is 70.9 cm³/mol. The van der Waals surface area contributed by atoms with E-state index in [-0.39, 0.29) is 0 Å². The summed E-state index contributed by atoms with van der Waals surface area (Å²) in [5, 5.41) is 0.889. The van der Waals surface area contributed by atoms with Gasteiger partial charge >= 0.3 is 0 Å². The summed E-state index contributed by atoms with van der Waals surface area (Å²) >= 11 is 11.9. The molecule has 0 fully saturated rings. The summed E-state index contributed by atoms with van der Waals surface area (Å²) < 4.78 is 5.63. The molecular weight excluding hydrogens is 257 g/mol. The molecule has 17 heavy (non-hydrogen) atoms. The summed E-state index contributed by atoms with van der Waals surface area (Å²) in [7, 11) is 0. The van der Waals surface area contributed by atoms with E-state index in [1.54, 1.807) is 18.2 Å². The van der Waals surface area contributed by atoms with Crippen LogP contribution in [0.2, 0.25) is 10.0 Å². The number of hydrogen-bond acceptors (Lipinski definition) is 2. The van der Waals surface area contributed by atoms with Crippen LogP contribution in [0.15, 0.2) is 42.5 Å². The van der Waals surface area contributed by atoms with Gasteiger partial charge < -0.3 is 10.5 Å². The average molecular weight is 268 g/mol. The minimum Gasteiger partial charge on any atom is -0.456 e. The maximum Gasteiger partial charge on any atom is 0.147 e. The van der Waals surface area contributed by atoms with Gasteiger partial charge in [0, 0.05) is 6.54 Å². The minimum atomic E-state index is 0.414. The second-order valence-corrected chi connectivity index (χ2v) is 4.29. The van der Waals surface area contributed by atoms with E-state index in [4.69, 9.17) is 33.7 Å². The van der Waals surface area contributed by atoms with Crippen LogP contribution in [-0.4, -0.2) is 0 Å². The second kappa shape index (κ2) is 5.41. The fraction of sp³-hybridized carbons (Fsp3) is 0.0769. The molecule has 2 aromatic rings. The van der Waals surface area contributed by atoms with Gasteiger partial charge in [0.05, 0.1) is 5.02 Å². The Hall–Kier alpha value is -1.22. The molecule has 0 saturated heterocycles. The molecule has 0 atom stereocenters. The topological polar surface area (TPSA) is 35.2 Å². The number of halogens is 2. The average Bonchev–Trinajstić information content (AvgIpc) is 2.36. The van der Waals surface area contributed by atoms with Crippen LogP contribution in [0.4, 0.5) is 0 Å². The zero-order chi connectivity index (χ0) is 12.3. The van der Waals surface area contributed by atoms with Gasteiger partial charge in [-0.1, -0.05) is 41.4 Å². The molecule has 0 aliphatic rings. The van der Waals surface area contributed by atoms with Gasteiger partial charge in [-0.25, -0.2) is 0 Å². The van der Waals surface area contributed by atoms with Crippen molar-refractivity contribution in [1.82, 2.24) is 0 Å². The molecule has 2 rings (SSSR count). The Morgan fingerprint density at radius 1 is 1.00 bits per heavy atom. The first-order chi connectivity index (χ1) is 8.20. The van der Waals surface area contributed by atoms with Gasteiger partial charge in [-0.15, -0.1) is 0 Å². The highest BCUT2D eigenvalue weighted by Gasteiger charge is 2.06. The lowest BCUT2D eigenvalue weighted by atomic mass is 10.2. The van der Waals surface area contributed by atoms with Crippen molar-refractivity contribution in [2.45, 2.75) is 6.54 Å². The molecule has 2 N–H and O–H groups in total. The Balaban J connectivity index is 2.22. The van der Waals surface area contributed by atoms with Crippen LogP contribution < -0.4 is 10.5 Å². The third-order valence-electron chi connectivity index (χ3n) is 2.30. The molecule has 0 unspecified atom stereocenters. The fourth-order valence-corrected chi connectivity index (χ4v) is 1.71. The third kappa shape index (κ3) is 2.91. The van der Waals surface area contributed by atoms with Gasteiger partial charge in [0.15, 0.2) is 0 Å². The number of hydrogen-bond donors (Lipinski definition) is 1. The van der Waals surface area contributed by atoms with Crippen molar-refractivity contribution >= 4 is 23.2 Å². The van der Waals surface area contributed by atoms with Crippen LogP contribution in [0.3, 0.4) is 0 Å². The molecule has 0 amide bonds. The van der Waals surface area contributed by atoms with Gasteiger partial charge in [0.25, 0.3) is 0 Å². The normalized spacial score (nSPS) is 10.3. The number of ether oxygens (including phenoxy) is 1. The van der Waals surface area contributed by atoms with Gasteiger partial charge in [-0.3, -0.25) is 0 Å². The molecule has 0 radical (unpaired) electrons. The first-order valence-corrected chi connectivity index (χ1v) is 5.87. The van der Waals surface area contributed by atoms with Gasteiger partial charge in [-0.2, -0.15) is 0 Å². The Bertz CT molecular complexity index is 511. The van der Waals surface area contributed by atoms with Crippen molar-refractivity contribution in [3.63, 3.8) is 0 Å². The van der Waals surface area contributed by atoms with E-state index in [1.165, 1.54) is 0 Å². The molecule has 0 aliphatic carbocycles. The zero-order valence-electron chi connectivity index (χ0n) is 8.99. The number of nitrogens with two attached hydrogens (primary N) is 1. The summed E-state index contributed by atoms with van der Waals surface area (Å²) in [6.07, 6.45) is 0. The molecule has 0 spiro atoms. The number of rotatable bonds is 3. The lowest BCUT2D eigenvalue weighted by molar-refractivity contribution is 0.483. The molecule has 0 saturated carbocycles. The third-order valence-corrected chi connectivity index (χ3v) is 3.10. The Morgan fingerprint density at radius 2 is 1.71 bits per heavy atom. The van der Waals surface area contributed by atoms with Gasteiger partial charge in [0.2, 0.25) is 0 Å². The van der Waals surface area contributed by atoms with Crippen LogP contribution in [0.25, 0.3) is 0 Å². The molecular formula is C13H11Cl2NO. The first kappa shape index (κ1) is 12.2. The highest BCUT2D eigenvalue weighted by molar-refractivity contribution is 6.42. The molecule has 2 nitrogen and oxygen atoms in total. The number of benzene rings is 2. The maximum absolute atomic E-state index is 6.02. The first-order valence-electron chi connectivity index (χ1n) is 5.11. The highest BCUT2D eigenvalue weighted by atomic mass is 35.5. The summed E-state index contributed by atoms with van der Waals surface area (Å²) in [4.78, 5) is 0. The zero-order valence-corrected chi connectivity index (χ0v) is 10.5. The van der Waals surface area contributed by atoms with Crippen LogP contribution >= 0.6 is 23.2 Å². The highest BCUT2D eigenvalue weighted by Crippen LogP contribution is 2.34. The van der Waals surface area contributed by atoms with Crippen molar-refractivity contribution in [2.75, 3.05) is 0 Å². The van der Waals surface area contributed by atoms with E-state index in [9.17, 15) is 0 Å². The Morgan fingerprint density at radius 3 is 2.35 bits per heavy atom. The molecule has 88 valence electrons. The predicted octanol–water partition coefficient (Wildman–Crippen LogP) is 4.24. The maximum atomic E-state index is 6.02. The van der Waals surface area contributed by atoms with Crippen LogP contribution in [-0.2, 0) is 6.54 Å². The SMILES string of the molecule is NCc1ccc(Oc2cccc(Cl)c2Cl)cc1. The van der Waals surface area contributed by atoms with Crippen LogP contribution in [0, 0.1) is 0 Å². The minimum absolute atomic E-state index is 0.414.